The Morgan fingerprint density at radius 1 is 1.42 bits per heavy atom. The lowest BCUT2D eigenvalue weighted by atomic mass is 9.95. The molecule has 4 heteroatoms. The lowest BCUT2D eigenvalue weighted by Gasteiger charge is -2.35. The number of benzene rings is 1. The van der Waals surface area contributed by atoms with Crippen LogP contribution >= 0.6 is 0 Å². The minimum absolute atomic E-state index is 0.102. The predicted molar refractivity (Wildman–Crippen MR) is 74.5 cm³/mol. The maximum absolute atomic E-state index is 12.3. The topological polar surface area (TPSA) is 66.6 Å². The Bertz CT molecular complexity index is 444. The van der Waals surface area contributed by atoms with Crippen molar-refractivity contribution in [3.05, 3.63) is 35.4 Å². The Labute approximate surface area is 114 Å². The number of aliphatic hydroxyl groups is 1. The van der Waals surface area contributed by atoms with E-state index in [0.29, 0.717) is 13.1 Å². The van der Waals surface area contributed by atoms with Crippen molar-refractivity contribution in [1.82, 2.24) is 4.90 Å². The zero-order valence-electron chi connectivity index (χ0n) is 11.5. The molecule has 0 aromatic heterocycles. The summed E-state index contributed by atoms with van der Waals surface area (Å²) in [6, 6.07) is 7.05. The largest absolute Gasteiger partial charge is 0.391 e. The molecular formula is C15H22N2O2. The molecule has 104 valence electrons. The number of rotatable bonds is 2. The van der Waals surface area contributed by atoms with Gasteiger partial charge < -0.3 is 15.7 Å². The van der Waals surface area contributed by atoms with Crippen LogP contribution in [0.15, 0.2) is 24.3 Å². The summed E-state index contributed by atoms with van der Waals surface area (Å²) >= 11 is 0. The summed E-state index contributed by atoms with van der Waals surface area (Å²) in [5, 5.41) is 9.85. The van der Waals surface area contributed by atoms with Crippen LogP contribution in [-0.2, 0) is 4.79 Å². The predicted octanol–water partition coefficient (Wildman–Crippen LogP) is 1.22. The summed E-state index contributed by atoms with van der Waals surface area (Å²) in [7, 11) is 0. The van der Waals surface area contributed by atoms with E-state index in [0.717, 1.165) is 17.5 Å². The number of aryl methyl sites for hydroxylation is 1. The third kappa shape index (κ3) is 3.14. The molecule has 1 aliphatic rings. The van der Waals surface area contributed by atoms with Crippen LogP contribution in [0.3, 0.4) is 0 Å². The molecule has 1 saturated heterocycles. The van der Waals surface area contributed by atoms with Crippen molar-refractivity contribution in [3.8, 4) is 0 Å². The number of piperidine rings is 1. The highest BCUT2D eigenvalue weighted by molar-refractivity contribution is 5.83. The summed E-state index contributed by atoms with van der Waals surface area (Å²) < 4.78 is 0. The van der Waals surface area contributed by atoms with E-state index < -0.39 is 12.1 Å². The van der Waals surface area contributed by atoms with Crippen LogP contribution in [0, 0.1) is 12.8 Å². The molecule has 1 aromatic rings. The Morgan fingerprint density at radius 2 is 2.05 bits per heavy atom. The highest BCUT2D eigenvalue weighted by Gasteiger charge is 2.30. The van der Waals surface area contributed by atoms with E-state index in [4.69, 9.17) is 5.73 Å². The molecule has 0 bridgehead atoms. The smallest absolute Gasteiger partial charge is 0.244 e. The Hall–Kier alpha value is -1.39. The molecule has 0 spiro atoms. The average molecular weight is 262 g/mol. The fourth-order valence-corrected chi connectivity index (χ4v) is 2.36. The number of β-amino-alcohol motifs (C(OH)–C–C–N with tert-alkyl or cyclic N) is 1. The number of amides is 1. The van der Waals surface area contributed by atoms with Crippen molar-refractivity contribution in [1.29, 1.82) is 0 Å². The van der Waals surface area contributed by atoms with Gasteiger partial charge in [0.25, 0.3) is 0 Å². The Morgan fingerprint density at radius 3 is 2.63 bits per heavy atom. The van der Waals surface area contributed by atoms with E-state index in [9.17, 15) is 9.90 Å². The van der Waals surface area contributed by atoms with Gasteiger partial charge in [-0.05, 0) is 24.8 Å². The van der Waals surface area contributed by atoms with E-state index >= 15 is 0 Å². The van der Waals surface area contributed by atoms with Crippen LogP contribution in [0.5, 0.6) is 0 Å². The average Bonchev–Trinajstić information content (AvgIpc) is 2.41. The second-order valence-corrected chi connectivity index (χ2v) is 5.51. The molecule has 2 rings (SSSR count). The monoisotopic (exact) mass is 262 g/mol. The Kier molecular flexibility index (Phi) is 4.22. The zero-order chi connectivity index (χ0) is 14.0. The van der Waals surface area contributed by atoms with E-state index in [-0.39, 0.29) is 11.8 Å². The molecule has 3 N–H and O–H groups in total. The number of carbonyl (C=O) groups excluding carboxylic acids is 1. The van der Waals surface area contributed by atoms with Gasteiger partial charge in [-0.1, -0.05) is 36.8 Å². The van der Waals surface area contributed by atoms with Crippen LogP contribution < -0.4 is 5.73 Å². The van der Waals surface area contributed by atoms with Crippen molar-refractivity contribution in [2.45, 2.75) is 32.4 Å². The molecule has 1 aromatic carbocycles. The first-order valence-electron chi connectivity index (χ1n) is 6.78. The summed E-state index contributed by atoms with van der Waals surface area (Å²) in [5.41, 5.74) is 7.99. The fraction of sp³-hybridized carbons (Fsp3) is 0.533. The first-order chi connectivity index (χ1) is 8.99. The molecule has 3 atom stereocenters. The van der Waals surface area contributed by atoms with Gasteiger partial charge in [0.2, 0.25) is 5.91 Å². The second kappa shape index (κ2) is 5.72. The van der Waals surface area contributed by atoms with E-state index in [1.165, 1.54) is 0 Å². The standard InChI is InChI=1S/C15H22N2O2/c1-10-3-5-12(6-4-10)14(16)15(19)17-8-7-11(2)13(18)9-17/h3-6,11,13-14,18H,7-9,16H2,1-2H3. The quantitative estimate of drug-likeness (QED) is 0.842. The van der Waals surface area contributed by atoms with Gasteiger partial charge in [0.05, 0.1) is 6.10 Å². The van der Waals surface area contributed by atoms with Crippen molar-refractivity contribution in [2.75, 3.05) is 13.1 Å². The van der Waals surface area contributed by atoms with Gasteiger partial charge in [0.15, 0.2) is 0 Å². The van der Waals surface area contributed by atoms with Crippen molar-refractivity contribution < 1.29 is 9.90 Å². The molecule has 1 aliphatic heterocycles. The van der Waals surface area contributed by atoms with Gasteiger partial charge in [-0.15, -0.1) is 0 Å². The number of nitrogens with two attached hydrogens (primary N) is 1. The van der Waals surface area contributed by atoms with E-state index in [1.54, 1.807) is 4.90 Å². The van der Waals surface area contributed by atoms with Crippen LogP contribution in [0.4, 0.5) is 0 Å². The zero-order valence-corrected chi connectivity index (χ0v) is 11.5. The van der Waals surface area contributed by atoms with Gasteiger partial charge in [-0.3, -0.25) is 4.79 Å². The van der Waals surface area contributed by atoms with Crippen LogP contribution in [0.1, 0.15) is 30.5 Å². The van der Waals surface area contributed by atoms with Crippen molar-refractivity contribution in [2.24, 2.45) is 11.7 Å². The summed E-state index contributed by atoms with van der Waals surface area (Å²) in [5.74, 6) is 0.148. The fourth-order valence-electron chi connectivity index (χ4n) is 2.36. The highest BCUT2D eigenvalue weighted by Crippen LogP contribution is 2.21. The molecule has 0 saturated carbocycles. The lowest BCUT2D eigenvalue weighted by molar-refractivity contribution is -0.137. The molecule has 1 heterocycles. The van der Waals surface area contributed by atoms with Crippen LogP contribution in [0.2, 0.25) is 0 Å². The molecular weight excluding hydrogens is 240 g/mol. The molecule has 0 aliphatic carbocycles. The maximum atomic E-state index is 12.3. The molecule has 4 nitrogen and oxygen atoms in total. The molecule has 1 fully saturated rings. The molecule has 19 heavy (non-hydrogen) atoms. The van der Waals surface area contributed by atoms with Crippen LogP contribution in [-0.4, -0.2) is 35.1 Å². The number of likely N-dealkylation sites (tertiary alicyclic amines) is 1. The third-order valence-corrected chi connectivity index (χ3v) is 3.93. The summed E-state index contributed by atoms with van der Waals surface area (Å²) in [4.78, 5) is 14.0. The molecule has 3 unspecified atom stereocenters. The number of carbonyl (C=O) groups is 1. The summed E-state index contributed by atoms with van der Waals surface area (Å²) in [6.07, 6.45) is 0.385. The number of nitrogens with zero attached hydrogens (tertiary/aromatic N) is 1. The van der Waals surface area contributed by atoms with Gasteiger partial charge in [0, 0.05) is 13.1 Å². The van der Waals surface area contributed by atoms with Gasteiger partial charge in [-0.25, -0.2) is 0 Å². The first-order valence-corrected chi connectivity index (χ1v) is 6.78. The maximum Gasteiger partial charge on any atom is 0.244 e. The van der Waals surface area contributed by atoms with Gasteiger partial charge in [0.1, 0.15) is 6.04 Å². The summed E-state index contributed by atoms with van der Waals surface area (Å²) in [6.45, 7) is 5.07. The second-order valence-electron chi connectivity index (χ2n) is 5.51. The number of hydrogen-bond acceptors (Lipinski definition) is 3. The Balaban J connectivity index is 2.05. The van der Waals surface area contributed by atoms with E-state index in [1.807, 2.05) is 38.1 Å². The SMILES string of the molecule is Cc1ccc(C(N)C(=O)N2CCC(C)C(O)C2)cc1. The van der Waals surface area contributed by atoms with Crippen molar-refractivity contribution >= 4 is 5.91 Å². The number of hydrogen-bond donors (Lipinski definition) is 2. The van der Waals surface area contributed by atoms with Gasteiger partial charge in [-0.2, -0.15) is 0 Å². The normalized spacial score (nSPS) is 25.2. The van der Waals surface area contributed by atoms with Crippen molar-refractivity contribution in [3.63, 3.8) is 0 Å². The third-order valence-electron chi connectivity index (χ3n) is 3.93. The highest BCUT2D eigenvalue weighted by atomic mass is 16.3. The minimum Gasteiger partial charge on any atom is -0.391 e. The van der Waals surface area contributed by atoms with E-state index in [2.05, 4.69) is 0 Å². The van der Waals surface area contributed by atoms with Crippen LogP contribution in [0.25, 0.3) is 0 Å². The molecule has 1 amide bonds. The minimum atomic E-state index is -0.638. The first kappa shape index (κ1) is 14.0. The van der Waals surface area contributed by atoms with Gasteiger partial charge >= 0.3 is 0 Å². The number of aliphatic hydroxyl groups excluding tert-OH is 1. The molecule has 0 radical (unpaired) electrons. The lowest BCUT2D eigenvalue weighted by Crippen LogP contribution is -2.48.